The van der Waals surface area contributed by atoms with Gasteiger partial charge in [0.15, 0.2) is 0 Å². The Morgan fingerprint density at radius 1 is 0.650 bits per heavy atom. The quantitative estimate of drug-likeness (QED) is 0.171. The first kappa shape index (κ1) is 24.6. The third-order valence-corrected chi connectivity index (χ3v) is 9.15. The van der Waals surface area contributed by atoms with Crippen LogP contribution in [0.3, 0.4) is 0 Å². The summed E-state index contributed by atoms with van der Waals surface area (Å²) in [5.74, 6) is 0. The molecule has 0 saturated heterocycles. The van der Waals surface area contributed by atoms with E-state index in [1.54, 1.807) is 0 Å². The fourth-order valence-electron chi connectivity index (χ4n) is 6.88. The van der Waals surface area contributed by atoms with E-state index in [1.165, 1.54) is 16.3 Å². The molecule has 0 fully saturated rings. The normalized spacial score (nSPS) is 15.9. The van der Waals surface area contributed by atoms with E-state index in [1.807, 2.05) is 18.2 Å². The van der Waals surface area contributed by atoms with Gasteiger partial charge in [-0.05, 0) is 81.5 Å². The average molecular weight is 525 g/mol. The van der Waals surface area contributed by atoms with E-state index >= 15 is 0 Å². The van der Waals surface area contributed by atoms with E-state index in [4.69, 9.17) is 0 Å². The Kier molecular flexibility index (Phi) is 5.24. The highest BCUT2D eigenvalue weighted by molar-refractivity contribution is 6.24. The third-order valence-electron chi connectivity index (χ3n) is 9.15. The number of nitrogens with zero attached hydrogens (tertiary/aromatic N) is 2. The lowest BCUT2D eigenvalue weighted by atomic mass is 9.62. The van der Waals surface area contributed by atoms with Gasteiger partial charge in [-0.25, -0.2) is 0 Å². The van der Waals surface area contributed by atoms with Crippen LogP contribution in [0.4, 0.5) is 5.69 Å². The SMILES string of the molecule is CC1(C)CCC(C)(C)c2cc([N+](=O)[O-])c(-c3cc4c(c5ccccc35)c3ccccc3n4-c3ccccc3)cc21. The maximum absolute atomic E-state index is 12.7. The second-order valence-corrected chi connectivity index (χ2v) is 12.5. The molecule has 1 aromatic heterocycles. The molecule has 5 aromatic carbocycles. The lowest BCUT2D eigenvalue weighted by molar-refractivity contribution is -0.384. The van der Waals surface area contributed by atoms with Crippen LogP contribution in [-0.2, 0) is 10.8 Å². The minimum absolute atomic E-state index is 0.0619. The van der Waals surface area contributed by atoms with Crippen molar-refractivity contribution in [3.05, 3.63) is 118 Å². The molecule has 198 valence electrons. The van der Waals surface area contributed by atoms with E-state index in [0.717, 1.165) is 51.5 Å². The van der Waals surface area contributed by atoms with Crippen molar-refractivity contribution in [2.24, 2.45) is 0 Å². The smallest absolute Gasteiger partial charge is 0.277 e. The highest BCUT2D eigenvalue weighted by atomic mass is 16.6. The molecule has 1 aliphatic carbocycles. The fourth-order valence-corrected chi connectivity index (χ4v) is 6.88. The molecule has 6 aromatic rings. The number of hydrogen-bond acceptors (Lipinski definition) is 2. The lowest BCUT2D eigenvalue weighted by Gasteiger charge is -2.42. The molecule has 4 heteroatoms. The Hall–Kier alpha value is -4.44. The van der Waals surface area contributed by atoms with Gasteiger partial charge in [0.05, 0.1) is 21.5 Å². The second-order valence-electron chi connectivity index (χ2n) is 12.5. The van der Waals surface area contributed by atoms with Crippen molar-refractivity contribution < 1.29 is 4.92 Å². The van der Waals surface area contributed by atoms with E-state index in [0.29, 0.717) is 5.56 Å². The first-order chi connectivity index (χ1) is 19.2. The predicted molar refractivity (Wildman–Crippen MR) is 166 cm³/mol. The van der Waals surface area contributed by atoms with Crippen molar-refractivity contribution in [1.82, 2.24) is 4.57 Å². The van der Waals surface area contributed by atoms with E-state index < -0.39 is 0 Å². The molecule has 0 atom stereocenters. The number of rotatable bonds is 3. The molecule has 0 amide bonds. The maximum Gasteiger partial charge on any atom is 0.277 e. The Morgan fingerprint density at radius 2 is 1.23 bits per heavy atom. The number of aromatic nitrogens is 1. The van der Waals surface area contributed by atoms with Crippen LogP contribution in [0.1, 0.15) is 51.7 Å². The number of nitro benzene ring substituents is 1. The van der Waals surface area contributed by atoms with Crippen LogP contribution in [0.2, 0.25) is 0 Å². The van der Waals surface area contributed by atoms with Gasteiger partial charge in [0, 0.05) is 22.5 Å². The molecule has 0 radical (unpaired) electrons. The number of nitro groups is 1. The predicted octanol–water partition coefficient (Wildman–Crippen LogP) is 9.86. The van der Waals surface area contributed by atoms with Gasteiger partial charge in [0.25, 0.3) is 5.69 Å². The van der Waals surface area contributed by atoms with Gasteiger partial charge in [-0.15, -0.1) is 0 Å². The Morgan fingerprint density at radius 3 is 1.90 bits per heavy atom. The molecule has 1 heterocycles. The molecule has 0 N–H and O–H groups in total. The van der Waals surface area contributed by atoms with Crippen LogP contribution in [0, 0.1) is 10.1 Å². The third kappa shape index (κ3) is 3.52. The van der Waals surface area contributed by atoms with Gasteiger partial charge in [-0.3, -0.25) is 10.1 Å². The molecular formula is C36H32N2O2. The van der Waals surface area contributed by atoms with Gasteiger partial charge in [-0.1, -0.05) is 88.4 Å². The molecule has 0 unspecified atom stereocenters. The minimum Gasteiger partial charge on any atom is -0.309 e. The monoisotopic (exact) mass is 524 g/mol. The molecule has 7 rings (SSSR count). The molecule has 1 aliphatic rings. The molecule has 0 saturated carbocycles. The highest BCUT2D eigenvalue weighted by Crippen LogP contribution is 2.50. The molecule has 0 bridgehead atoms. The van der Waals surface area contributed by atoms with E-state index in [-0.39, 0.29) is 21.4 Å². The number of benzene rings is 5. The Bertz CT molecular complexity index is 1980. The second kappa shape index (κ2) is 8.53. The van der Waals surface area contributed by atoms with Crippen molar-refractivity contribution in [3.63, 3.8) is 0 Å². The van der Waals surface area contributed by atoms with E-state index in [9.17, 15) is 10.1 Å². The van der Waals surface area contributed by atoms with Crippen molar-refractivity contribution in [3.8, 4) is 16.8 Å². The van der Waals surface area contributed by atoms with Crippen molar-refractivity contribution in [2.75, 3.05) is 0 Å². The van der Waals surface area contributed by atoms with Crippen LogP contribution >= 0.6 is 0 Å². The molecule has 4 nitrogen and oxygen atoms in total. The molecule has 0 aliphatic heterocycles. The summed E-state index contributed by atoms with van der Waals surface area (Å²) >= 11 is 0. The van der Waals surface area contributed by atoms with Gasteiger partial charge in [0.2, 0.25) is 0 Å². The van der Waals surface area contributed by atoms with Crippen LogP contribution in [0.5, 0.6) is 0 Å². The van der Waals surface area contributed by atoms with Crippen LogP contribution in [0.15, 0.2) is 97.1 Å². The zero-order valence-electron chi connectivity index (χ0n) is 23.4. The van der Waals surface area contributed by atoms with Gasteiger partial charge in [-0.2, -0.15) is 0 Å². The van der Waals surface area contributed by atoms with Gasteiger partial charge >= 0.3 is 0 Å². The number of fused-ring (bicyclic) bond motifs is 6. The summed E-state index contributed by atoms with van der Waals surface area (Å²) in [6, 6.07) is 33.4. The topological polar surface area (TPSA) is 48.1 Å². The maximum atomic E-state index is 12.7. The van der Waals surface area contributed by atoms with Crippen LogP contribution < -0.4 is 0 Å². The largest absolute Gasteiger partial charge is 0.309 e. The number of hydrogen-bond donors (Lipinski definition) is 0. The highest BCUT2D eigenvalue weighted by Gasteiger charge is 2.39. The summed E-state index contributed by atoms with van der Waals surface area (Å²) in [4.78, 5) is 12.5. The van der Waals surface area contributed by atoms with Crippen LogP contribution in [0.25, 0.3) is 49.4 Å². The lowest BCUT2D eigenvalue weighted by Crippen LogP contribution is -2.34. The summed E-state index contributed by atoms with van der Waals surface area (Å²) in [5.41, 5.74) is 7.15. The van der Waals surface area contributed by atoms with Gasteiger partial charge < -0.3 is 4.57 Å². The summed E-state index contributed by atoms with van der Waals surface area (Å²) < 4.78 is 2.29. The van der Waals surface area contributed by atoms with Crippen molar-refractivity contribution in [1.29, 1.82) is 0 Å². The standard InChI is InChI=1S/C36H32N2O2/c1-35(2)18-19-36(3,4)30-22-32(38(39)40)28(20-29(30)35)27-21-33-34(25-15-9-8-14-24(25)27)26-16-10-11-17-31(26)37(33)23-12-6-5-7-13-23/h5-17,20-22H,18-19H2,1-4H3. The van der Waals surface area contributed by atoms with Crippen LogP contribution in [-0.4, -0.2) is 9.49 Å². The molecule has 40 heavy (non-hydrogen) atoms. The summed E-state index contributed by atoms with van der Waals surface area (Å²) in [6.07, 6.45) is 2.06. The van der Waals surface area contributed by atoms with Crippen molar-refractivity contribution in [2.45, 2.75) is 51.4 Å². The van der Waals surface area contributed by atoms with Crippen molar-refractivity contribution >= 4 is 38.3 Å². The van der Waals surface area contributed by atoms with Gasteiger partial charge in [0.1, 0.15) is 0 Å². The number of para-hydroxylation sites is 2. The molecular weight excluding hydrogens is 492 g/mol. The van der Waals surface area contributed by atoms with E-state index in [2.05, 4.69) is 111 Å². The minimum atomic E-state index is -0.195. The zero-order chi connectivity index (χ0) is 27.8. The zero-order valence-corrected chi connectivity index (χ0v) is 23.4. The Balaban J connectivity index is 1.66. The fraction of sp³-hybridized carbons (Fsp3) is 0.222. The summed E-state index contributed by atoms with van der Waals surface area (Å²) in [5, 5.41) is 17.2. The summed E-state index contributed by atoms with van der Waals surface area (Å²) in [7, 11) is 0. The first-order valence-electron chi connectivity index (χ1n) is 14.0. The average Bonchev–Trinajstić information content (AvgIpc) is 3.29. The summed E-state index contributed by atoms with van der Waals surface area (Å²) in [6.45, 7) is 8.96. The first-order valence-corrected chi connectivity index (χ1v) is 14.0. The molecule has 0 spiro atoms. The Labute approximate surface area is 234 Å².